The van der Waals surface area contributed by atoms with Gasteiger partial charge in [-0.3, -0.25) is 4.79 Å². The first-order valence-electron chi connectivity index (χ1n) is 8.81. The van der Waals surface area contributed by atoms with Gasteiger partial charge in [-0.2, -0.15) is 0 Å². The zero-order chi connectivity index (χ0) is 18.2. The van der Waals surface area contributed by atoms with E-state index in [1.807, 2.05) is 0 Å². The molecular weight excluding hydrogens is 322 g/mol. The van der Waals surface area contributed by atoms with Gasteiger partial charge >= 0.3 is 5.97 Å². The van der Waals surface area contributed by atoms with Gasteiger partial charge < -0.3 is 31.6 Å². The summed E-state index contributed by atoms with van der Waals surface area (Å²) in [5.41, 5.74) is 15.5. The minimum Gasteiger partial charge on any atom is -0.480 e. The van der Waals surface area contributed by atoms with E-state index in [0.717, 1.165) is 25.0 Å². The molecule has 0 amide bonds. The second-order valence-electron chi connectivity index (χ2n) is 6.32. The van der Waals surface area contributed by atoms with Crippen LogP contribution in [0.3, 0.4) is 0 Å². The lowest BCUT2D eigenvalue weighted by molar-refractivity contribution is -0.138. The number of nitrogens with zero attached hydrogens (tertiary/aromatic N) is 1. The summed E-state index contributed by atoms with van der Waals surface area (Å²) in [6.07, 6.45) is 8.63. The van der Waals surface area contributed by atoms with Crippen LogP contribution in [0.25, 0.3) is 0 Å². The van der Waals surface area contributed by atoms with Crippen molar-refractivity contribution < 1.29 is 14.6 Å². The van der Waals surface area contributed by atoms with Gasteiger partial charge in [-0.25, -0.2) is 4.99 Å². The molecule has 0 aromatic carbocycles. The number of rotatable bonds is 6. The number of methoxy groups -OCH3 is 1. The van der Waals surface area contributed by atoms with Gasteiger partial charge in [0.1, 0.15) is 6.04 Å². The summed E-state index contributed by atoms with van der Waals surface area (Å²) >= 11 is 0. The Kier molecular flexibility index (Phi) is 7.42. The monoisotopic (exact) mass is 351 g/mol. The Morgan fingerprint density at radius 2 is 2.20 bits per heavy atom. The molecule has 0 fully saturated rings. The third kappa shape index (κ3) is 5.04. The van der Waals surface area contributed by atoms with E-state index in [1.165, 1.54) is 36.2 Å². The Morgan fingerprint density at radius 1 is 1.44 bits per heavy atom. The van der Waals surface area contributed by atoms with Crippen LogP contribution in [0.1, 0.15) is 55.3 Å². The van der Waals surface area contributed by atoms with Gasteiger partial charge in [0.2, 0.25) is 0 Å². The number of hydrogen-bond acceptors (Lipinski definition) is 6. The zero-order valence-corrected chi connectivity index (χ0v) is 14.8. The third-order valence-electron chi connectivity index (χ3n) is 4.50. The van der Waals surface area contributed by atoms with Gasteiger partial charge in [0, 0.05) is 12.8 Å². The fraction of sp³-hybridized carbons (Fsp3) is 0.647. The van der Waals surface area contributed by atoms with Crippen LogP contribution in [0.15, 0.2) is 4.99 Å². The number of carbonyl (C=O) groups is 1. The predicted octanol–water partition coefficient (Wildman–Crippen LogP) is 1.52. The van der Waals surface area contributed by atoms with Crippen molar-refractivity contribution in [2.24, 2.45) is 16.5 Å². The van der Waals surface area contributed by atoms with Gasteiger partial charge in [-0.15, -0.1) is 0 Å². The molecule has 0 saturated carbocycles. The molecule has 2 aliphatic rings. The Balaban J connectivity index is 0.000000199. The number of nitrogens with one attached hydrogen (secondary N) is 2. The molecule has 8 nitrogen and oxygen atoms in total. The van der Waals surface area contributed by atoms with E-state index >= 15 is 0 Å². The topological polar surface area (TPSA) is 139 Å². The molecule has 3 rings (SSSR count). The first kappa shape index (κ1) is 19.4. The SMILES string of the molecule is COC1N=CNc2c1[nH]c1c2CCCC1.NCCCC[C@H](N)C(=O)O. The van der Waals surface area contributed by atoms with E-state index in [-0.39, 0.29) is 6.23 Å². The van der Waals surface area contributed by atoms with Crippen LogP contribution in [0.2, 0.25) is 0 Å². The molecule has 0 bridgehead atoms. The Labute approximate surface area is 148 Å². The summed E-state index contributed by atoms with van der Waals surface area (Å²) < 4.78 is 5.33. The van der Waals surface area contributed by atoms with Gasteiger partial charge in [0.15, 0.2) is 6.23 Å². The van der Waals surface area contributed by atoms with Crippen molar-refractivity contribution in [3.63, 3.8) is 0 Å². The summed E-state index contributed by atoms with van der Waals surface area (Å²) in [4.78, 5) is 17.8. The van der Waals surface area contributed by atoms with E-state index in [0.29, 0.717) is 13.0 Å². The lowest BCUT2D eigenvalue weighted by atomic mass is 9.96. The van der Waals surface area contributed by atoms with Crippen molar-refractivity contribution >= 4 is 18.0 Å². The Hall–Kier alpha value is -1.90. The maximum Gasteiger partial charge on any atom is 0.320 e. The van der Waals surface area contributed by atoms with Crippen molar-refractivity contribution in [1.82, 2.24) is 4.98 Å². The summed E-state index contributed by atoms with van der Waals surface area (Å²) in [6.45, 7) is 0.604. The largest absolute Gasteiger partial charge is 0.480 e. The number of aryl methyl sites for hydroxylation is 1. The van der Waals surface area contributed by atoms with Crippen molar-refractivity contribution in [3.8, 4) is 0 Å². The summed E-state index contributed by atoms with van der Waals surface area (Å²) in [5.74, 6) is -0.933. The van der Waals surface area contributed by atoms with Crippen LogP contribution in [0.4, 0.5) is 5.69 Å². The first-order valence-corrected chi connectivity index (χ1v) is 8.81. The highest BCUT2D eigenvalue weighted by Gasteiger charge is 2.26. The molecule has 25 heavy (non-hydrogen) atoms. The summed E-state index contributed by atoms with van der Waals surface area (Å²) in [6, 6.07) is -0.716. The minimum atomic E-state index is -0.933. The molecule has 140 valence electrons. The highest BCUT2D eigenvalue weighted by atomic mass is 16.5. The van der Waals surface area contributed by atoms with Crippen molar-refractivity contribution in [2.75, 3.05) is 19.0 Å². The number of unbranched alkanes of at least 4 members (excludes halogenated alkanes) is 1. The highest BCUT2D eigenvalue weighted by molar-refractivity contribution is 5.82. The maximum absolute atomic E-state index is 10.1. The lowest BCUT2D eigenvalue weighted by Crippen LogP contribution is -2.29. The smallest absolute Gasteiger partial charge is 0.320 e. The van der Waals surface area contributed by atoms with Crippen LogP contribution < -0.4 is 16.8 Å². The van der Waals surface area contributed by atoms with E-state index in [9.17, 15) is 4.79 Å². The number of carboxylic acid groups (broad SMARTS) is 1. The molecule has 8 heteroatoms. The molecule has 0 saturated heterocycles. The number of fused-ring (bicyclic) bond motifs is 3. The quantitative estimate of drug-likeness (QED) is 0.492. The van der Waals surface area contributed by atoms with Crippen LogP contribution in [-0.4, -0.2) is 42.1 Å². The zero-order valence-electron chi connectivity index (χ0n) is 14.8. The van der Waals surface area contributed by atoms with E-state index in [4.69, 9.17) is 21.3 Å². The molecule has 0 radical (unpaired) electrons. The fourth-order valence-corrected chi connectivity index (χ4v) is 3.11. The molecule has 1 aromatic heterocycles. The lowest BCUT2D eigenvalue weighted by Gasteiger charge is -2.17. The van der Waals surface area contributed by atoms with E-state index in [1.54, 1.807) is 13.4 Å². The normalized spacial score (nSPS) is 19.1. The molecule has 0 spiro atoms. The van der Waals surface area contributed by atoms with Gasteiger partial charge in [-0.1, -0.05) is 6.42 Å². The summed E-state index contributed by atoms with van der Waals surface area (Å²) in [7, 11) is 1.69. The van der Waals surface area contributed by atoms with Crippen LogP contribution in [0.5, 0.6) is 0 Å². The molecule has 2 atom stereocenters. The van der Waals surface area contributed by atoms with Crippen molar-refractivity contribution in [1.29, 1.82) is 0 Å². The second kappa shape index (κ2) is 9.55. The fourth-order valence-electron chi connectivity index (χ4n) is 3.11. The molecular formula is C17H29N5O3. The number of ether oxygens (including phenoxy) is 1. The van der Waals surface area contributed by atoms with E-state index in [2.05, 4.69) is 15.3 Å². The first-order chi connectivity index (χ1) is 12.1. The van der Waals surface area contributed by atoms with Gasteiger partial charge in [0.25, 0.3) is 0 Å². The van der Waals surface area contributed by atoms with E-state index < -0.39 is 12.0 Å². The van der Waals surface area contributed by atoms with Crippen molar-refractivity contribution in [2.45, 2.75) is 57.2 Å². The average Bonchev–Trinajstić information content (AvgIpc) is 3.01. The molecule has 1 aromatic rings. The van der Waals surface area contributed by atoms with Crippen LogP contribution in [-0.2, 0) is 22.4 Å². The molecule has 2 heterocycles. The highest BCUT2D eigenvalue weighted by Crippen LogP contribution is 2.36. The summed E-state index contributed by atoms with van der Waals surface area (Å²) in [5, 5.41) is 11.6. The number of hydrogen-bond donors (Lipinski definition) is 5. The predicted molar refractivity (Wildman–Crippen MR) is 97.8 cm³/mol. The second-order valence-corrected chi connectivity index (χ2v) is 6.32. The van der Waals surface area contributed by atoms with Crippen LogP contribution >= 0.6 is 0 Å². The van der Waals surface area contributed by atoms with Crippen LogP contribution in [0, 0.1) is 0 Å². The number of aliphatic carboxylic acids is 1. The molecule has 1 aliphatic carbocycles. The number of aromatic amines is 1. The van der Waals surface area contributed by atoms with Gasteiger partial charge in [-0.05, 0) is 50.6 Å². The number of H-pyrrole nitrogens is 1. The molecule has 1 aliphatic heterocycles. The van der Waals surface area contributed by atoms with Crippen molar-refractivity contribution in [3.05, 3.63) is 17.0 Å². The van der Waals surface area contributed by atoms with Gasteiger partial charge in [0.05, 0.1) is 17.7 Å². The Bertz CT molecular complexity index is 599. The number of aliphatic imine (C=N–C) groups is 1. The minimum absolute atomic E-state index is 0.160. The number of anilines is 1. The number of carboxylic acids is 1. The third-order valence-corrected chi connectivity index (χ3v) is 4.50. The maximum atomic E-state index is 10.1. The molecule has 7 N–H and O–H groups in total. The standard InChI is InChI=1S/C11H15N3O.C6H14N2O2/c1-15-11-10-9(12-6-13-11)7-4-2-3-5-8(7)14-10;7-4-2-1-3-5(8)6(9)10/h6,11,14H,2-5H2,1H3,(H,12,13);5H,1-4,7-8H2,(H,9,10)/t;5-/m.0/s1. The molecule has 1 unspecified atom stereocenters. The average molecular weight is 351 g/mol. The number of aromatic nitrogens is 1. The Morgan fingerprint density at radius 3 is 2.88 bits per heavy atom. The number of nitrogens with two attached hydrogens (primary N) is 2.